The molecule has 1 amide bonds. The van der Waals surface area contributed by atoms with Gasteiger partial charge >= 0.3 is 0 Å². The first-order chi connectivity index (χ1) is 9.74. The molecule has 3 rings (SSSR count). The average molecular weight is 274 g/mol. The van der Waals surface area contributed by atoms with Gasteiger partial charge in [0, 0.05) is 12.5 Å². The van der Waals surface area contributed by atoms with Crippen molar-refractivity contribution in [1.82, 2.24) is 0 Å². The fourth-order valence-corrected chi connectivity index (χ4v) is 3.25. The van der Waals surface area contributed by atoms with Crippen LogP contribution in [0.1, 0.15) is 37.7 Å². The number of nitrogens with two attached hydrogens (primary N) is 1. The van der Waals surface area contributed by atoms with Crippen LogP contribution < -0.4 is 15.8 Å². The molecule has 1 fully saturated rings. The number of carbonyl (C=O) groups is 1. The van der Waals surface area contributed by atoms with Gasteiger partial charge in [-0.05, 0) is 43.2 Å². The number of amides is 1. The highest BCUT2D eigenvalue weighted by Gasteiger charge is 2.26. The number of hydrogen-bond acceptors (Lipinski definition) is 3. The molecule has 20 heavy (non-hydrogen) atoms. The molecule has 2 atom stereocenters. The first kappa shape index (κ1) is 13.4. The zero-order chi connectivity index (χ0) is 13.9. The van der Waals surface area contributed by atoms with E-state index in [0.717, 1.165) is 50.1 Å². The quantitative estimate of drug-likeness (QED) is 0.890. The summed E-state index contributed by atoms with van der Waals surface area (Å²) in [4.78, 5) is 12.2. The maximum absolute atomic E-state index is 12.2. The molecule has 108 valence electrons. The fraction of sp³-hybridized carbons (Fsp3) is 0.562. The Balaban J connectivity index is 1.67. The van der Waals surface area contributed by atoms with Crippen LogP contribution >= 0.6 is 0 Å². The van der Waals surface area contributed by atoms with E-state index in [1.54, 1.807) is 0 Å². The number of para-hydroxylation sites is 1. The van der Waals surface area contributed by atoms with Crippen molar-refractivity contribution in [1.29, 1.82) is 0 Å². The lowest BCUT2D eigenvalue weighted by Crippen LogP contribution is -2.28. The number of ether oxygens (including phenoxy) is 1. The lowest BCUT2D eigenvalue weighted by molar-refractivity contribution is -0.117. The van der Waals surface area contributed by atoms with Crippen molar-refractivity contribution < 1.29 is 9.53 Å². The van der Waals surface area contributed by atoms with Crippen molar-refractivity contribution in [2.75, 3.05) is 11.9 Å². The zero-order valence-corrected chi connectivity index (χ0v) is 11.7. The van der Waals surface area contributed by atoms with E-state index in [1.165, 1.54) is 5.56 Å². The molecule has 1 aromatic rings. The molecule has 1 aliphatic heterocycles. The Morgan fingerprint density at radius 3 is 3.05 bits per heavy atom. The predicted octanol–water partition coefficient (Wildman–Crippen LogP) is 2.47. The Kier molecular flexibility index (Phi) is 3.92. The van der Waals surface area contributed by atoms with Crippen LogP contribution in [0.4, 0.5) is 5.69 Å². The molecule has 2 aliphatic rings. The molecule has 1 aliphatic carbocycles. The van der Waals surface area contributed by atoms with E-state index >= 15 is 0 Å². The molecule has 0 saturated heterocycles. The van der Waals surface area contributed by atoms with E-state index in [4.69, 9.17) is 10.5 Å². The van der Waals surface area contributed by atoms with E-state index < -0.39 is 0 Å². The molecular weight excluding hydrogens is 252 g/mol. The monoisotopic (exact) mass is 274 g/mol. The standard InChI is InChI=1S/C16H22N2O2/c17-13-7-1-5-12(13)10-15(19)18-14-8-2-4-11-6-3-9-20-16(11)14/h2,4,8,12-13H,1,3,5-7,9-10,17H2,(H,18,19)/t12-,13+/m0/s1. The van der Waals surface area contributed by atoms with Crippen LogP contribution in [0.5, 0.6) is 5.75 Å². The molecule has 1 saturated carbocycles. The van der Waals surface area contributed by atoms with Crippen molar-refractivity contribution in [3.05, 3.63) is 23.8 Å². The van der Waals surface area contributed by atoms with Crippen LogP contribution in [0.25, 0.3) is 0 Å². The van der Waals surface area contributed by atoms with E-state index in [1.807, 2.05) is 12.1 Å². The minimum absolute atomic E-state index is 0.0509. The lowest BCUT2D eigenvalue weighted by atomic mass is 9.99. The smallest absolute Gasteiger partial charge is 0.224 e. The Morgan fingerprint density at radius 2 is 2.25 bits per heavy atom. The van der Waals surface area contributed by atoms with Crippen molar-refractivity contribution >= 4 is 11.6 Å². The molecule has 1 aromatic carbocycles. The second-order valence-electron chi connectivity index (χ2n) is 5.85. The van der Waals surface area contributed by atoms with Gasteiger partial charge in [0.2, 0.25) is 5.91 Å². The second kappa shape index (κ2) is 5.83. The topological polar surface area (TPSA) is 64.4 Å². The second-order valence-corrected chi connectivity index (χ2v) is 5.85. The molecule has 0 spiro atoms. The van der Waals surface area contributed by atoms with Gasteiger partial charge in [0.25, 0.3) is 0 Å². The number of fused-ring (bicyclic) bond motifs is 1. The van der Waals surface area contributed by atoms with Gasteiger partial charge in [-0.2, -0.15) is 0 Å². The molecule has 3 N–H and O–H groups in total. The van der Waals surface area contributed by atoms with Gasteiger partial charge in [0.15, 0.2) is 0 Å². The van der Waals surface area contributed by atoms with Crippen LogP contribution in [0.2, 0.25) is 0 Å². The third-order valence-corrected chi connectivity index (χ3v) is 4.37. The molecule has 0 radical (unpaired) electrons. The molecule has 0 aromatic heterocycles. The SMILES string of the molecule is N[C@@H]1CCC[C@H]1CC(=O)Nc1cccc2c1OCCC2. The van der Waals surface area contributed by atoms with Crippen LogP contribution in [0, 0.1) is 5.92 Å². The third kappa shape index (κ3) is 2.80. The van der Waals surface area contributed by atoms with E-state index in [-0.39, 0.29) is 11.9 Å². The van der Waals surface area contributed by atoms with Gasteiger partial charge in [-0.3, -0.25) is 4.79 Å². The Labute approximate surface area is 119 Å². The first-order valence-corrected chi connectivity index (χ1v) is 7.54. The fourth-order valence-electron chi connectivity index (χ4n) is 3.25. The van der Waals surface area contributed by atoms with E-state index in [0.29, 0.717) is 12.3 Å². The summed E-state index contributed by atoms with van der Waals surface area (Å²) in [5.74, 6) is 1.23. The number of rotatable bonds is 3. The Morgan fingerprint density at radius 1 is 1.35 bits per heavy atom. The highest BCUT2D eigenvalue weighted by molar-refractivity contribution is 5.92. The van der Waals surface area contributed by atoms with Crippen molar-refractivity contribution in [2.45, 2.75) is 44.6 Å². The first-order valence-electron chi connectivity index (χ1n) is 7.54. The number of anilines is 1. The summed E-state index contributed by atoms with van der Waals surface area (Å²) in [5.41, 5.74) is 8.02. The number of carbonyl (C=O) groups excluding carboxylic acids is 1. The van der Waals surface area contributed by atoms with Crippen molar-refractivity contribution in [3.8, 4) is 5.75 Å². The van der Waals surface area contributed by atoms with Crippen LogP contribution in [0.15, 0.2) is 18.2 Å². The Hall–Kier alpha value is -1.55. The third-order valence-electron chi connectivity index (χ3n) is 4.37. The molecule has 1 heterocycles. The molecule has 0 unspecified atom stereocenters. The summed E-state index contributed by atoms with van der Waals surface area (Å²) in [7, 11) is 0. The molecule has 4 heteroatoms. The van der Waals surface area contributed by atoms with E-state index in [9.17, 15) is 4.79 Å². The highest BCUT2D eigenvalue weighted by atomic mass is 16.5. The zero-order valence-electron chi connectivity index (χ0n) is 11.7. The summed E-state index contributed by atoms with van der Waals surface area (Å²) in [6.07, 6.45) is 5.83. The van der Waals surface area contributed by atoms with Gasteiger partial charge < -0.3 is 15.8 Å². The number of hydrogen-bond donors (Lipinski definition) is 2. The summed E-state index contributed by atoms with van der Waals surface area (Å²) in [6.45, 7) is 0.730. The van der Waals surface area contributed by atoms with Crippen LogP contribution in [-0.2, 0) is 11.2 Å². The molecule has 4 nitrogen and oxygen atoms in total. The predicted molar refractivity (Wildman–Crippen MR) is 78.8 cm³/mol. The normalized spacial score (nSPS) is 24.9. The van der Waals surface area contributed by atoms with Crippen LogP contribution in [0.3, 0.4) is 0 Å². The molecular formula is C16H22N2O2. The largest absolute Gasteiger partial charge is 0.491 e. The van der Waals surface area contributed by atoms with Gasteiger partial charge in [-0.25, -0.2) is 0 Å². The minimum Gasteiger partial charge on any atom is -0.491 e. The average Bonchev–Trinajstić information content (AvgIpc) is 2.85. The maximum Gasteiger partial charge on any atom is 0.224 e. The summed E-state index contributed by atoms with van der Waals surface area (Å²) >= 11 is 0. The highest BCUT2D eigenvalue weighted by Crippen LogP contribution is 2.33. The Bertz CT molecular complexity index is 501. The summed E-state index contributed by atoms with van der Waals surface area (Å²) in [5, 5.41) is 3.00. The lowest BCUT2D eigenvalue weighted by Gasteiger charge is -2.21. The maximum atomic E-state index is 12.2. The molecule has 0 bridgehead atoms. The van der Waals surface area contributed by atoms with Gasteiger partial charge in [-0.1, -0.05) is 18.6 Å². The van der Waals surface area contributed by atoms with Crippen molar-refractivity contribution in [2.24, 2.45) is 11.7 Å². The van der Waals surface area contributed by atoms with Crippen LogP contribution in [-0.4, -0.2) is 18.6 Å². The number of nitrogens with one attached hydrogen (secondary N) is 1. The minimum atomic E-state index is 0.0509. The summed E-state index contributed by atoms with van der Waals surface area (Å²) < 4.78 is 5.71. The van der Waals surface area contributed by atoms with Gasteiger partial charge in [-0.15, -0.1) is 0 Å². The van der Waals surface area contributed by atoms with Gasteiger partial charge in [0.05, 0.1) is 12.3 Å². The summed E-state index contributed by atoms with van der Waals surface area (Å²) in [6, 6.07) is 6.14. The van der Waals surface area contributed by atoms with Gasteiger partial charge in [0.1, 0.15) is 5.75 Å². The van der Waals surface area contributed by atoms with Crippen molar-refractivity contribution in [3.63, 3.8) is 0 Å². The number of aryl methyl sites for hydroxylation is 1. The number of benzene rings is 1. The van der Waals surface area contributed by atoms with E-state index in [2.05, 4.69) is 11.4 Å².